The fourth-order valence-electron chi connectivity index (χ4n) is 2.21. The van der Waals surface area contributed by atoms with Crippen LogP contribution in [0.25, 0.3) is 0 Å². The summed E-state index contributed by atoms with van der Waals surface area (Å²) in [5.41, 5.74) is 1.75. The van der Waals surface area contributed by atoms with Crippen LogP contribution in [0, 0.1) is 11.3 Å². The predicted octanol–water partition coefficient (Wildman–Crippen LogP) is 4.08. The summed E-state index contributed by atoms with van der Waals surface area (Å²) in [5, 5.41) is 12.7. The van der Waals surface area contributed by atoms with Crippen molar-refractivity contribution >= 4 is 45.2 Å². The Balaban J connectivity index is 1.88. The number of aryl methyl sites for hydroxylation is 1. The van der Waals surface area contributed by atoms with E-state index in [2.05, 4.69) is 11.4 Å². The van der Waals surface area contributed by atoms with Crippen molar-refractivity contribution in [1.82, 2.24) is 0 Å². The van der Waals surface area contributed by atoms with Crippen molar-refractivity contribution in [3.63, 3.8) is 0 Å². The number of thiophene rings is 2. The smallest absolute Gasteiger partial charge is 0.266 e. The number of fused-ring (bicyclic) bond motifs is 1. The Hall–Kier alpha value is -1.35. The van der Waals surface area contributed by atoms with Gasteiger partial charge in [-0.25, -0.2) is 0 Å². The van der Waals surface area contributed by atoms with E-state index in [1.807, 2.05) is 0 Å². The molecule has 0 atom stereocenters. The van der Waals surface area contributed by atoms with E-state index in [0.29, 0.717) is 19.8 Å². The van der Waals surface area contributed by atoms with Crippen molar-refractivity contribution in [3.8, 4) is 6.07 Å². The Bertz CT molecular complexity index is 696. The molecule has 0 bridgehead atoms. The third-order valence-electron chi connectivity index (χ3n) is 3.06. The molecule has 0 fully saturated rings. The number of hydrogen-bond donors (Lipinski definition) is 1. The third-order valence-corrected chi connectivity index (χ3v) is 5.49. The molecule has 0 saturated heterocycles. The van der Waals surface area contributed by atoms with Crippen LogP contribution in [-0.4, -0.2) is 5.91 Å². The first-order valence-electron chi connectivity index (χ1n) is 5.80. The lowest BCUT2D eigenvalue weighted by Crippen LogP contribution is -2.10. The Morgan fingerprint density at radius 3 is 2.89 bits per heavy atom. The number of carbonyl (C=O) groups is 1. The van der Waals surface area contributed by atoms with Crippen molar-refractivity contribution in [2.24, 2.45) is 0 Å². The highest BCUT2D eigenvalue weighted by atomic mass is 35.5. The lowest BCUT2D eigenvalue weighted by atomic mass is 10.1. The van der Waals surface area contributed by atoms with E-state index in [4.69, 9.17) is 11.6 Å². The lowest BCUT2D eigenvalue weighted by molar-refractivity contribution is 0.103. The van der Waals surface area contributed by atoms with Crippen LogP contribution in [0.4, 0.5) is 5.00 Å². The number of nitriles is 1. The highest BCUT2D eigenvalue weighted by Gasteiger charge is 2.23. The average molecular weight is 309 g/mol. The topological polar surface area (TPSA) is 52.9 Å². The molecule has 19 heavy (non-hydrogen) atoms. The quantitative estimate of drug-likeness (QED) is 0.909. The van der Waals surface area contributed by atoms with Gasteiger partial charge in [-0.2, -0.15) is 5.26 Å². The Kier molecular flexibility index (Phi) is 3.31. The van der Waals surface area contributed by atoms with Crippen molar-refractivity contribution in [2.45, 2.75) is 19.3 Å². The highest BCUT2D eigenvalue weighted by molar-refractivity contribution is 7.18. The third kappa shape index (κ3) is 2.27. The minimum absolute atomic E-state index is 0.201. The maximum Gasteiger partial charge on any atom is 0.266 e. The molecule has 2 aromatic rings. The van der Waals surface area contributed by atoms with Gasteiger partial charge in [-0.3, -0.25) is 4.79 Å². The number of rotatable bonds is 2. The van der Waals surface area contributed by atoms with Crippen LogP contribution in [0.2, 0.25) is 4.34 Å². The predicted molar refractivity (Wildman–Crippen MR) is 78.3 cm³/mol. The van der Waals surface area contributed by atoms with Gasteiger partial charge in [0.1, 0.15) is 11.1 Å². The van der Waals surface area contributed by atoms with Gasteiger partial charge in [-0.05, 0) is 37.0 Å². The van der Waals surface area contributed by atoms with E-state index in [1.165, 1.54) is 27.6 Å². The molecular weight excluding hydrogens is 300 g/mol. The van der Waals surface area contributed by atoms with Gasteiger partial charge >= 0.3 is 0 Å². The molecule has 0 radical (unpaired) electrons. The molecule has 1 amide bonds. The molecule has 1 aliphatic carbocycles. The molecular formula is C13H9ClN2OS2. The summed E-state index contributed by atoms with van der Waals surface area (Å²) >= 11 is 8.57. The largest absolute Gasteiger partial charge is 0.312 e. The minimum atomic E-state index is -0.201. The van der Waals surface area contributed by atoms with Crippen molar-refractivity contribution in [2.75, 3.05) is 5.32 Å². The second-order valence-corrected chi connectivity index (χ2v) is 7.05. The van der Waals surface area contributed by atoms with E-state index in [-0.39, 0.29) is 5.91 Å². The van der Waals surface area contributed by atoms with Crippen molar-refractivity contribution in [3.05, 3.63) is 37.4 Å². The summed E-state index contributed by atoms with van der Waals surface area (Å²) in [4.78, 5) is 13.9. The molecule has 1 aliphatic rings. The van der Waals surface area contributed by atoms with E-state index in [0.717, 1.165) is 24.8 Å². The summed E-state index contributed by atoms with van der Waals surface area (Å²) in [7, 11) is 0. The molecule has 3 nitrogen and oxygen atoms in total. The fourth-order valence-corrected chi connectivity index (χ4v) is 4.38. The number of amides is 1. The van der Waals surface area contributed by atoms with Crippen LogP contribution in [-0.2, 0) is 12.8 Å². The van der Waals surface area contributed by atoms with E-state index in [1.54, 1.807) is 12.1 Å². The van der Waals surface area contributed by atoms with Gasteiger partial charge < -0.3 is 5.32 Å². The fraction of sp³-hybridized carbons (Fsp3) is 0.231. The monoisotopic (exact) mass is 308 g/mol. The van der Waals surface area contributed by atoms with Gasteiger partial charge in [-0.1, -0.05) is 11.6 Å². The zero-order chi connectivity index (χ0) is 13.4. The lowest BCUT2D eigenvalue weighted by Gasteiger charge is -2.01. The molecule has 0 unspecified atom stereocenters. The summed E-state index contributed by atoms with van der Waals surface area (Å²) < 4.78 is 0.583. The van der Waals surface area contributed by atoms with Gasteiger partial charge in [0.15, 0.2) is 0 Å². The van der Waals surface area contributed by atoms with Gasteiger partial charge in [-0.15, -0.1) is 22.7 Å². The van der Waals surface area contributed by atoms with E-state index >= 15 is 0 Å². The Morgan fingerprint density at radius 1 is 1.37 bits per heavy atom. The van der Waals surface area contributed by atoms with Gasteiger partial charge in [0, 0.05) is 4.88 Å². The number of nitrogens with one attached hydrogen (secondary N) is 1. The first-order valence-corrected chi connectivity index (χ1v) is 7.81. The van der Waals surface area contributed by atoms with Gasteiger partial charge in [0.05, 0.1) is 14.8 Å². The molecule has 1 N–H and O–H groups in total. The van der Waals surface area contributed by atoms with Crippen molar-refractivity contribution in [1.29, 1.82) is 5.26 Å². The molecule has 2 aromatic heterocycles. The molecule has 0 aromatic carbocycles. The highest BCUT2D eigenvalue weighted by Crippen LogP contribution is 2.38. The maximum absolute atomic E-state index is 12.1. The summed E-state index contributed by atoms with van der Waals surface area (Å²) in [6.07, 6.45) is 3.05. The van der Waals surface area contributed by atoms with Crippen molar-refractivity contribution < 1.29 is 4.79 Å². The Labute approximate surface area is 123 Å². The number of carbonyl (C=O) groups excluding carboxylic acids is 1. The van der Waals surface area contributed by atoms with Crippen LogP contribution in [0.3, 0.4) is 0 Å². The average Bonchev–Trinajstić information content (AvgIpc) is 3.04. The standard InChI is InChI=1S/C13H9ClN2OS2/c14-11-5-4-10(18-11)12(17)16-13-8(6-15)7-2-1-3-9(7)19-13/h4-5H,1-3H2,(H,16,17). The second-order valence-electron chi connectivity index (χ2n) is 4.23. The molecule has 6 heteroatoms. The van der Waals surface area contributed by atoms with Crippen LogP contribution in [0.5, 0.6) is 0 Å². The minimum Gasteiger partial charge on any atom is -0.312 e. The van der Waals surface area contributed by atoms with Gasteiger partial charge in [0.25, 0.3) is 5.91 Å². The number of nitrogens with zero attached hydrogens (tertiary/aromatic N) is 1. The van der Waals surface area contributed by atoms with Crippen LogP contribution >= 0.6 is 34.3 Å². The molecule has 0 saturated carbocycles. The zero-order valence-corrected chi connectivity index (χ0v) is 12.2. The normalized spacial score (nSPS) is 13.1. The molecule has 0 spiro atoms. The molecule has 96 valence electrons. The van der Waals surface area contributed by atoms with Gasteiger partial charge in [0.2, 0.25) is 0 Å². The SMILES string of the molecule is N#Cc1c(NC(=O)c2ccc(Cl)s2)sc2c1CCC2. The number of anilines is 1. The molecule has 2 heterocycles. The number of hydrogen-bond acceptors (Lipinski definition) is 4. The number of halogens is 1. The summed E-state index contributed by atoms with van der Waals surface area (Å²) in [6.45, 7) is 0. The van der Waals surface area contributed by atoms with E-state index in [9.17, 15) is 10.1 Å². The first-order chi connectivity index (χ1) is 9.19. The zero-order valence-electron chi connectivity index (χ0n) is 9.83. The summed E-state index contributed by atoms with van der Waals surface area (Å²) in [5.74, 6) is -0.201. The van der Waals surface area contributed by atoms with Crippen LogP contribution in [0.15, 0.2) is 12.1 Å². The summed E-state index contributed by atoms with van der Waals surface area (Å²) in [6, 6.07) is 5.60. The second kappa shape index (κ2) is 4.97. The molecule has 3 rings (SSSR count). The molecule has 0 aliphatic heterocycles. The maximum atomic E-state index is 12.1. The van der Waals surface area contributed by atoms with Crippen LogP contribution in [0.1, 0.15) is 32.1 Å². The van der Waals surface area contributed by atoms with E-state index < -0.39 is 0 Å². The Morgan fingerprint density at radius 2 is 2.21 bits per heavy atom. The van der Waals surface area contributed by atoms with Crippen LogP contribution < -0.4 is 5.32 Å². The first kappa shape index (κ1) is 12.7.